The Kier molecular flexibility index (Phi) is 7.89. The van der Waals surface area contributed by atoms with Gasteiger partial charge in [-0.1, -0.05) is 11.8 Å². The minimum absolute atomic E-state index is 0.336. The zero-order valence-electron chi connectivity index (χ0n) is 13.4. The van der Waals surface area contributed by atoms with Gasteiger partial charge in [-0.25, -0.2) is 4.98 Å². The second-order valence-corrected chi connectivity index (χ2v) is 9.44. The monoisotopic (exact) mass is 358 g/mol. The number of aromatic nitrogens is 1. The van der Waals surface area contributed by atoms with E-state index < -0.39 is 0 Å². The summed E-state index contributed by atoms with van der Waals surface area (Å²) in [6, 6.07) is 0. The van der Waals surface area contributed by atoms with Gasteiger partial charge in [0.15, 0.2) is 5.96 Å². The van der Waals surface area contributed by atoms with Crippen LogP contribution >= 0.6 is 34.9 Å². The molecule has 0 radical (unpaired) electrons. The number of nitrogens with one attached hydrogen (secondary N) is 2. The molecule has 0 spiro atoms. The van der Waals surface area contributed by atoms with Gasteiger partial charge in [0.1, 0.15) is 4.34 Å². The molecule has 1 aromatic rings. The number of nitrogens with zero attached hydrogens (tertiary/aromatic N) is 2. The fourth-order valence-corrected chi connectivity index (χ4v) is 5.14. The largest absolute Gasteiger partial charge is 0.357 e. The Labute approximate surface area is 146 Å². The molecule has 2 heterocycles. The van der Waals surface area contributed by atoms with Crippen molar-refractivity contribution in [2.24, 2.45) is 4.99 Å². The first-order valence-electron chi connectivity index (χ1n) is 7.90. The van der Waals surface area contributed by atoms with Crippen molar-refractivity contribution < 1.29 is 0 Å². The van der Waals surface area contributed by atoms with Crippen LogP contribution in [0.3, 0.4) is 0 Å². The van der Waals surface area contributed by atoms with E-state index in [1.807, 2.05) is 23.3 Å². The van der Waals surface area contributed by atoms with Crippen molar-refractivity contribution in [3.8, 4) is 0 Å². The Bertz CT molecular complexity index is 442. The first-order chi connectivity index (χ1) is 10.7. The number of hydrogen-bond donors (Lipinski definition) is 2. The number of thioether (sulfide) groups is 2. The third kappa shape index (κ3) is 6.38. The lowest BCUT2D eigenvalue weighted by Gasteiger charge is -2.21. The molecule has 124 valence electrons. The van der Waals surface area contributed by atoms with Crippen LogP contribution in [0, 0.1) is 0 Å². The SMILES string of the molecule is CCNC(=NCC1(C)CCCS1)NCCCSc1nccs1. The Hall–Kier alpha value is -0.400. The second-order valence-electron chi connectivity index (χ2n) is 5.52. The fraction of sp³-hybridized carbons (Fsp3) is 0.733. The van der Waals surface area contributed by atoms with Crippen molar-refractivity contribution >= 4 is 40.8 Å². The Morgan fingerprint density at radius 2 is 2.41 bits per heavy atom. The van der Waals surface area contributed by atoms with Crippen LogP contribution in [0.1, 0.15) is 33.1 Å². The first kappa shape index (κ1) is 17.9. The van der Waals surface area contributed by atoms with Gasteiger partial charge >= 0.3 is 0 Å². The normalized spacial score (nSPS) is 22.0. The lowest BCUT2D eigenvalue weighted by Crippen LogP contribution is -2.39. The van der Waals surface area contributed by atoms with Gasteiger partial charge in [0.2, 0.25) is 0 Å². The van der Waals surface area contributed by atoms with Crippen LogP contribution in [0.25, 0.3) is 0 Å². The maximum atomic E-state index is 4.77. The first-order valence-corrected chi connectivity index (χ1v) is 10.8. The molecule has 22 heavy (non-hydrogen) atoms. The maximum absolute atomic E-state index is 4.77. The van der Waals surface area contributed by atoms with Crippen molar-refractivity contribution in [3.05, 3.63) is 11.6 Å². The van der Waals surface area contributed by atoms with E-state index in [9.17, 15) is 0 Å². The summed E-state index contributed by atoms with van der Waals surface area (Å²) in [7, 11) is 0. The summed E-state index contributed by atoms with van der Waals surface area (Å²) >= 11 is 5.60. The van der Waals surface area contributed by atoms with Gasteiger partial charge in [0.25, 0.3) is 0 Å². The molecule has 1 aliphatic heterocycles. The molecule has 4 nitrogen and oxygen atoms in total. The fourth-order valence-electron chi connectivity index (χ4n) is 2.27. The van der Waals surface area contributed by atoms with Crippen molar-refractivity contribution in [2.75, 3.05) is 31.1 Å². The molecule has 1 saturated heterocycles. The van der Waals surface area contributed by atoms with Gasteiger partial charge in [-0.15, -0.1) is 11.3 Å². The summed E-state index contributed by atoms with van der Waals surface area (Å²) in [6.45, 7) is 7.21. The molecule has 1 atom stereocenters. The summed E-state index contributed by atoms with van der Waals surface area (Å²) in [5.74, 6) is 3.33. The van der Waals surface area contributed by atoms with E-state index in [0.29, 0.717) is 4.75 Å². The van der Waals surface area contributed by atoms with Crippen LogP contribution in [0.4, 0.5) is 0 Å². The average molecular weight is 359 g/mol. The average Bonchev–Trinajstić information content (AvgIpc) is 3.16. The topological polar surface area (TPSA) is 49.3 Å². The summed E-state index contributed by atoms with van der Waals surface area (Å²) in [4.78, 5) is 9.05. The molecule has 0 bridgehead atoms. The second kappa shape index (κ2) is 9.67. The highest BCUT2D eigenvalue weighted by atomic mass is 32.2. The Balaban J connectivity index is 1.66. The minimum atomic E-state index is 0.336. The van der Waals surface area contributed by atoms with Crippen LogP contribution in [0.15, 0.2) is 20.9 Å². The Morgan fingerprint density at radius 3 is 3.09 bits per heavy atom. The van der Waals surface area contributed by atoms with Gasteiger partial charge in [0, 0.05) is 35.2 Å². The number of rotatable bonds is 8. The summed E-state index contributed by atoms with van der Waals surface area (Å²) < 4.78 is 1.50. The standard InChI is InChI=1S/C15H26N4S3/c1-3-16-13(19-12-15(2)6-4-10-22-15)17-7-5-9-20-14-18-8-11-21-14/h8,11H,3-7,9-10,12H2,1-2H3,(H2,16,17,19). The molecular weight excluding hydrogens is 332 g/mol. The lowest BCUT2D eigenvalue weighted by molar-refractivity contribution is 0.614. The predicted molar refractivity (Wildman–Crippen MR) is 102 cm³/mol. The van der Waals surface area contributed by atoms with Gasteiger partial charge in [-0.05, 0) is 38.9 Å². The lowest BCUT2D eigenvalue weighted by atomic mass is 10.1. The van der Waals surface area contributed by atoms with E-state index in [4.69, 9.17) is 4.99 Å². The van der Waals surface area contributed by atoms with Gasteiger partial charge in [-0.2, -0.15) is 11.8 Å². The van der Waals surface area contributed by atoms with Crippen molar-refractivity contribution in [3.63, 3.8) is 0 Å². The summed E-state index contributed by atoms with van der Waals surface area (Å²) in [5.41, 5.74) is 0. The maximum Gasteiger partial charge on any atom is 0.191 e. The highest BCUT2D eigenvalue weighted by Gasteiger charge is 2.29. The molecular formula is C15H26N4S3. The van der Waals surface area contributed by atoms with Crippen LogP contribution in [0.5, 0.6) is 0 Å². The Morgan fingerprint density at radius 1 is 1.50 bits per heavy atom. The molecule has 1 unspecified atom stereocenters. The van der Waals surface area contributed by atoms with E-state index in [1.165, 1.54) is 18.6 Å². The molecule has 7 heteroatoms. The molecule has 0 aromatic carbocycles. The molecule has 2 rings (SSSR count). The zero-order valence-corrected chi connectivity index (χ0v) is 15.9. The molecule has 0 amide bonds. The number of aliphatic imine (C=N–C) groups is 1. The molecule has 1 aromatic heterocycles. The quantitative estimate of drug-likeness (QED) is 0.322. The number of hydrogen-bond acceptors (Lipinski definition) is 5. The third-order valence-electron chi connectivity index (χ3n) is 3.47. The molecule has 2 N–H and O–H groups in total. The van der Waals surface area contributed by atoms with Crippen molar-refractivity contribution in [1.82, 2.24) is 15.6 Å². The summed E-state index contributed by atoms with van der Waals surface area (Å²) in [6.07, 6.45) is 5.59. The smallest absolute Gasteiger partial charge is 0.191 e. The highest BCUT2D eigenvalue weighted by molar-refractivity contribution is 8.01. The van der Waals surface area contributed by atoms with Crippen molar-refractivity contribution in [1.29, 1.82) is 0 Å². The summed E-state index contributed by atoms with van der Waals surface area (Å²) in [5, 5.41) is 8.81. The van der Waals surface area contributed by atoms with Crippen LogP contribution in [0.2, 0.25) is 0 Å². The molecule has 0 saturated carbocycles. The van der Waals surface area contributed by atoms with Gasteiger partial charge in [0.05, 0.1) is 6.54 Å². The van der Waals surface area contributed by atoms with E-state index in [-0.39, 0.29) is 0 Å². The van der Waals surface area contributed by atoms with Crippen LogP contribution in [-0.2, 0) is 0 Å². The third-order valence-corrected chi connectivity index (χ3v) is 7.04. The van der Waals surface area contributed by atoms with E-state index in [0.717, 1.165) is 42.1 Å². The van der Waals surface area contributed by atoms with E-state index in [2.05, 4.69) is 41.2 Å². The molecule has 0 aliphatic carbocycles. The van der Waals surface area contributed by atoms with E-state index in [1.54, 1.807) is 11.3 Å². The predicted octanol–water partition coefficient (Wildman–Crippen LogP) is 3.47. The van der Waals surface area contributed by atoms with Crippen LogP contribution < -0.4 is 10.6 Å². The highest BCUT2D eigenvalue weighted by Crippen LogP contribution is 2.37. The number of thiazole rings is 1. The van der Waals surface area contributed by atoms with Crippen LogP contribution in [-0.4, -0.2) is 46.8 Å². The molecule has 1 aliphatic rings. The number of guanidine groups is 1. The van der Waals surface area contributed by atoms with Crippen molar-refractivity contribution in [2.45, 2.75) is 42.2 Å². The molecule has 1 fully saturated rings. The minimum Gasteiger partial charge on any atom is -0.357 e. The van der Waals surface area contributed by atoms with Gasteiger partial charge < -0.3 is 10.6 Å². The zero-order chi connectivity index (χ0) is 15.7. The van der Waals surface area contributed by atoms with Gasteiger partial charge in [-0.3, -0.25) is 4.99 Å². The van der Waals surface area contributed by atoms with E-state index >= 15 is 0 Å².